The maximum atomic E-state index is 12.9. The number of thioether (sulfide) groups is 1. The zero-order valence-corrected chi connectivity index (χ0v) is 15.5. The molecular formula is C19H21N3O3S. The van der Waals surface area contributed by atoms with Gasteiger partial charge in [-0.3, -0.25) is 19.3 Å². The highest BCUT2D eigenvalue weighted by atomic mass is 32.2. The molecule has 0 aromatic rings. The van der Waals surface area contributed by atoms with Crippen molar-refractivity contribution in [3.63, 3.8) is 0 Å². The van der Waals surface area contributed by atoms with Gasteiger partial charge in [0.15, 0.2) is 0 Å². The van der Waals surface area contributed by atoms with Gasteiger partial charge in [-0.25, -0.2) is 0 Å². The van der Waals surface area contributed by atoms with Gasteiger partial charge in [0.25, 0.3) is 11.8 Å². The third-order valence-corrected chi connectivity index (χ3v) is 6.07. The van der Waals surface area contributed by atoms with Crippen LogP contribution in [0.3, 0.4) is 0 Å². The molecule has 2 heterocycles. The fourth-order valence-corrected chi connectivity index (χ4v) is 4.43. The summed E-state index contributed by atoms with van der Waals surface area (Å²) in [5, 5.41) is 3.21. The van der Waals surface area contributed by atoms with Gasteiger partial charge in [0.05, 0.1) is 0 Å². The molecule has 2 aliphatic heterocycles. The number of carbonyl (C=O) groups is 3. The van der Waals surface area contributed by atoms with Crippen molar-refractivity contribution in [2.24, 2.45) is 0 Å². The lowest BCUT2D eigenvalue weighted by molar-refractivity contribution is -0.141. The molecule has 1 saturated heterocycles. The van der Waals surface area contributed by atoms with Crippen LogP contribution in [0, 0.1) is 0 Å². The summed E-state index contributed by atoms with van der Waals surface area (Å²) in [6.45, 7) is 3.05. The molecule has 1 fully saturated rings. The maximum absolute atomic E-state index is 12.9. The lowest BCUT2D eigenvalue weighted by atomic mass is 9.81. The van der Waals surface area contributed by atoms with Crippen molar-refractivity contribution in [3.8, 4) is 0 Å². The van der Waals surface area contributed by atoms with E-state index in [1.54, 1.807) is 16.7 Å². The molecule has 6 nitrogen and oxygen atoms in total. The summed E-state index contributed by atoms with van der Waals surface area (Å²) < 4.78 is 0. The first-order valence-electron chi connectivity index (χ1n) is 8.85. The third kappa shape index (κ3) is 2.85. The number of nitrogens with zero attached hydrogens (tertiary/aromatic N) is 2. The molecule has 0 spiro atoms. The van der Waals surface area contributed by atoms with Crippen LogP contribution in [0.15, 0.2) is 45.4 Å². The zero-order valence-electron chi connectivity index (χ0n) is 14.7. The number of carbonyl (C=O) groups excluding carboxylic acids is 3. The Morgan fingerprint density at radius 1 is 1.19 bits per heavy atom. The van der Waals surface area contributed by atoms with Crippen molar-refractivity contribution in [3.05, 3.63) is 45.4 Å². The van der Waals surface area contributed by atoms with E-state index in [4.69, 9.17) is 0 Å². The Hall–Kier alpha value is -2.12. The smallest absolute Gasteiger partial charge is 0.261 e. The Morgan fingerprint density at radius 2 is 1.96 bits per heavy atom. The first-order valence-corrected chi connectivity index (χ1v) is 10.1. The van der Waals surface area contributed by atoms with Crippen LogP contribution < -0.4 is 5.32 Å². The molecule has 4 aliphatic rings. The molecule has 0 saturated carbocycles. The number of piperazine rings is 1. The molecule has 2 bridgehead atoms. The van der Waals surface area contributed by atoms with Gasteiger partial charge in [-0.2, -0.15) is 0 Å². The van der Waals surface area contributed by atoms with Crippen molar-refractivity contribution in [1.82, 2.24) is 15.1 Å². The number of rotatable bonds is 4. The van der Waals surface area contributed by atoms with E-state index in [1.165, 1.54) is 4.90 Å². The number of allylic oxidation sites excluding steroid dienone is 3. The van der Waals surface area contributed by atoms with Gasteiger partial charge in [-0.1, -0.05) is 6.08 Å². The van der Waals surface area contributed by atoms with Gasteiger partial charge in [0.2, 0.25) is 5.91 Å². The van der Waals surface area contributed by atoms with Crippen molar-refractivity contribution in [1.29, 1.82) is 0 Å². The largest absolute Gasteiger partial charge is 0.340 e. The second kappa shape index (κ2) is 6.89. The number of imide groups is 1. The summed E-state index contributed by atoms with van der Waals surface area (Å²) in [6, 6.07) is 0. The topological polar surface area (TPSA) is 69.7 Å². The van der Waals surface area contributed by atoms with Gasteiger partial charge in [-0.05, 0) is 29.6 Å². The van der Waals surface area contributed by atoms with E-state index in [9.17, 15) is 14.4 Å². The van der Waals surface area contributed by atoms with E-state index in [0.29, 0.717) is 30.7 Å². The molecule has 3 amide bonds. The van der Waals surface area contributed by atoms with Crippen LogP contribution in [0.4, 0.5) is 0 Å². The highest BCUT2D eigenvalue weighted by molar-refractivity contribution is 8.02. The van der Waals surface area contributed by atoms with Crippen molar-refractivity contribution < 1.29 is 14.4 Å². The normalized spacial score (nSPS) is 22.3. The van der Waals surface area contributed by atoms with Gasteiger partial charge in [0, 0.05) is 61.6 Å². The maximum Gasteiger partial charge on any atom is 0.261 e. The monoisotopic (exact) mass is 371 g/mol. The van der Waals surface area contributed by atoms with Crippen LogP contribution in [0.25, 0.3) is 0 Å². The molecular weight excluding hydrogens is 350 g/mol. The second-order valence-electron chi connectivity index (χ2n) is 6.70. The average molecular weight is 371 g/mol. The van der Waals surface area contributed by atoms with Crippen LogP contribution in [-0.2, 0) is 14.4 Å². The van der Waals surface area contributed by atoms with Crippen molar-refractivity contribution in [2.75, 3.05) is 39.0 Å². The van der Waals surface area contributed by atoms with E-state index >= 15 is 0 Å². The molecule has 7 heteroatoms. The predicted molar refractivity (Wildman–Crippen MR) is 100 cm³/mol. The van der Waals surface area contributed by atoms with Crippen molar-refractivity contribution >= 4 is 29.5 Å². The summed E-state index contributed by atoms with van der Waals surface area (Å²) in [4.78, 5) is 42.2. The fourth-order valence-electron chi connectivity index (χ4n) is 3.80. The van der Waals surface area contributed by atoms with Crippen LogP contribution in [-0.4, -0.2) is 66.5 Å². The Bertz CT molecular complexity index is 816. The molecule has 26 heavy (non-hydrogen) atoms. The van der Waals surface area contributed by atoms with E-state index < -0.39 is 0 Å². The quantitative estimate of drug-likeness (QED) is 0.747. The number of nitrogens with one attached hydrogen (secondary N) is 1. The average Bonchev–Trinajstić information content (AvgIpc) is 2.68. The van der Waals surface area contributed by atoms with Crippen LogP contribution in [0.5, 0.6) is 0 Å². The summed E-state index contributed by atoms with van der Waals surface area (Å²) in [6.07, 6.45) is 8.47. The highest BCUT2D eigenvalue weighted by Crippen LogP contribution is 2.42. The molecule has 0 radical (unpaired) electrons. The number of hydrogen-bond donors (Lipinski definition) is 1. The van der Waals surface area contributed by atoms with Crippen molar-refractivity contribution in [2.45, 2.75) is 12.8 Å². The predicted octanol–water partition coefficient (Wildman–Crippen LogP) is 0.991. The van der Waals surface area contributed by atoms with E-state index in [1.807, 2.05) is 24.5 Å². The van der Waals surface area contributed by atoms with Crippen LogP contribution in [0.1, 0.15) is 12.8 Å². The molecule has 0 atom stereocenters. The summed E-state index contributed by atoms with van der Waals surface area (Å²) in [7, 11) is 0. The summed E-state index contributed by atoms with van der Waals surface area (Å²) >= 11 is 1.61. The summed E-state index contributed by atoms with van der Waals surface area (Å²) in [5.74, 6) is -0.559. The highest BCUT2D eigenvalue weighted by Gasteiger charge is 2.39. The molecule has 0 aromatic carbocycles. The van der Waals surface area contributed by atoms with Gasteiger partial charge >= 0.3 is 0 Å². The number of hydrogen-bond acceptors (Lipinski definition) is 5. The first-order chi connectivity index (χ1) is 12.6. The standard InChI is InChI=1S/C19H21N3O3S/c1-26-16-11-15-14-10-12(16)2-3-13(14)18(24)22(19(15)25)7-4-17(23)21-8-5-20-6-9-21/h2-3,11,20H,4-10H2,1H3. The molecule has 1 N–H and O–H groups in total. The number of fused-ring (bicyclic) bond motifs is 1. The lowest BCUT2D eigenvalue weighted by Gasteiger charge is -2.34. The lowest BCUT2D eigenvalue weighted by Crippen LogP contribution is -2.49. The van der Waals surface area contributed by atoms with Gasteiger partial charge in [0.1, 0.15) is 0 Å². The molecule has 4 rings (SSSR count). The minimum Gasteiger partial charge on any atom is -0.340 e. The second-order valence-corrected chi connectivity index (χ2v) is 7.54. The molecule has 2 aliphatic carbocycles. The minimum absolute atomic E-state index is 0.00401. The Morgan fingerprint density at radius 3 is 2.69 bits per heavy atom. The molecule has 0 aromatic heterocycles. The summed E-state index contributed by atoms with van der Waals surface area (Å²) in [5.41, 5.74) is 3.18. The van der Waals surface area contributed by atoms with E-state index in [2.05, 4.69) is 5.32 Å². The first kappa shape index (κ1) is 17.3. The molecule has 0 unspecified atom stereocenters. The molecule has 136 valence electrons. The Kier molecular flexibility index (Phi) is 4.58. The van der Waals surface area contributed by atoms with E-state index in [-0.39, 0.29) is 30.7 Å². The SMILES string of the molecule is CSC1=C2C=CC3=C(C2)C(=C1)C(=O)N(CCC(=O)N1CCNCC1)C3=O. The third-order valence-electron chi connectivity index (χ3n) is 5.25. The Balaban J connectivity index is 1.54. The van der Waals surface area contributed by atoms with Gasteiger partial charge < -0.3 is 10.2 Å². The van der Waals surface area contributed by atoms with Crippen LogP contribution >= 0.6 is 11.8 Å². The Labute approximate surface area is 156 Å². The van der Waals surface area contributed by atoms with Crippen LogP contribution in [0.2, 0.25) is 0 Å². The number of amides is 3. The fraction of sp³-hybridized carbons (Fsp3) is 0.421. The van der Waals surface area contributed by atoms with Gasteiger partial charge in [-0.15, -0.1) is 11.8 Å². The minimum atomic E-state index is -0.279. The van der Waals surface area contributed by atoms with E-state index in [0.717, 1.165) is 29.1 Å². The zero-order chi connectivity index (χ0) is 18.3.